The second kappa shape index (κ2) is 11.3. The highest BCUT2D eigenvalue weighted by atomic mass is 79.9. The second-order valence-corrected chi connectivity index (χ2v) is 10.3. The van der Waals surface area contributed by atoms with Crippen LogP contribution >= 0.6 is 23.8 Å². The Balaban J connectivity index is 1.81. The van der Waals surface area contributed by atoms with Crippen LogP contribution in [-0.2, 0) is 28.0 Å². The summed E-state index contributed by atoms with van der Waals surface area (Å²) in [5.74, 6) is -1.04. The van der Waals surface area contributed by atoms with Crippen molar-refractivity contribution in [1.82, 2.24) is 15.0 Å². The summed E-state index contributed by atoms with van der Waals surface area (Å²) in [6.07, 6.45) is -4.00. The van der Waals surface area contributed by atoms with Crippen molar-refractivity contribution >= 4 is 29.7 Å². The molecular weight excluding hydrogens is 572 g/mol. The molecule has 1 aromatic carbocycles. The van der Waals surface area contributed by atoms with Gasteiger partial charge in [-0.25, -0.2) is 18.5 Å². The first-order valence-corrected chi connectivity index (χ1v) is 12.7. The predicted octanol–water partition coefficient (Wildman–Crippen LogP) is 1.57. The van der Waals surface area contributed by atoms with Crippen LogP contribution in [0.4, 0.5) is 4.39 Å². The first kappa shape index (κ1) is 28.2. The maximum Gasteiger partial charge on any atom is 0.589 e. The first-order valence-electron chi connectivity index (χ1n) is 10.4. The summed E-state index contributed by atoms with van der Waals surface area (Å²) in [6.45, 7) is 1.58. The Morgan fingerprint density at radius 2 is 2.03 bits per heavy atom. The second-order valence-electron chi connectivity index (χ2n) is 7.88. The van der Waals surface area contributed by atoms with Crippen molar-refractivity contribution in [2.24, 2.45) is 0 Å². The Morgan fingerprint density at radius 3 is 2.64 bits per heavy atom. The monoisotopic (exact) mass is 595 g/mol. The van der Waals surface area contributed by atoms with Crippen LogP contribution in [0.25, 0.3) is 0 Å². The topological polar surface area (TPSA) is 167 Å². The number of H-pyrrole nitrogens is 1. The Bertz CT molecular complexity index is 1240. The van der Waals surface area contributed by atoms with Gasteiger partial charge in [0.15, 0.2) is 11.9 Å². The van der Waals surface area contributed by atoms with Crippen LogP contribution in [-0.4, -0.2) is 58.3 Å². The van der Waals surface area contributed by atoms with Gasteiger partial charge in [0.1, 0.15) is 24.0 Å². The van der Waals surface area contributed by atoms with Gasteiger partial charge in [-0.15, -0.1) is 0 Å². The third-order valence-corrected chi connectivity index (χ3v) is 6.93. The predicted molar refractivity (Wildman–Crippen MR) is 125 cm³/mol. The molecule has 1 saturated heterocycles. The van der Waals surface area contributed by atoms with Crippen LogP contribution in [0.5, 0.6) is 5.75 Å². The fraction of sp³-hybridized carbons (Fsp3) is 0.450. The van der Waals surface area contributed by atoms with Crippen LogP contribution in [0.15, 0.2) is 50.6 Å². The minimum Gasteiger partial charge on any atom is -0.395 e. The molecule has 1 fully saturated rings. The molecule has 1 aromatic heterocycles. The van der Waals surface area contributed by atoms with Gasteiger partial charge in [-0.05, 0) is 38.1 Å². The number of hydrogen-bond donors (Lipinski definition) is 3. The molecule has 0 aliphatic carbocycles. The average Bonchev–Trinajstić information content (AvgIpc) is 3.03. The van der Waals surface area contributed by atoms with Crippen molar-refractivity contribution in [3.8, 4) is 5.75 Å². The largest absolute Gasteiger partial charge is 0.589 e. The number of halogens is 2. The number of carbonyl (C=O) groups is 1. The van der Waals surface area contributed by atoms with E-state index in [1.165, 1.54) is 26.2 Å². The van der Waals surface area contributed by atoms with Gasteiger partial charge < -0.3 is 23.7 Å². The highest BCUT2D eigenvalue weighted by molar-refractivity contribution is 9.10. The number of phosphoric ester groups is 1. The number of nitrogens with zero attached hydrogens (tertiary/aromatic N) is 1. The van der Waals surface area contributed by atoms with Crippen LogP contribution in [0.1, 0.15) is 20.1 Å². The van der Waals surface area contributed by atoms with Gasteiger partial charge in [-0.2, -0.15) is 5.48 Å². The van der Waals surface area contributed by atoms with Crippen molar-refractivity contribution in [2.45, 2.75) is 44.0 Å². The van der Waals surface area contributed by atoms with E-state index in [-0.39, 0.29) is 5.75 Å². The molecule has 0 amide bonds. The number of hydrogen-bond acceptors (Lipinski definition) is 11. The first-order chi connectivity index (χ1) is 16.9. The molecule has 3 rings (SSSR count). The van der Waals surface area contributed by atoms with E-state index in [2.05, 4.69) is 26.2 Å². The van der Waals surface area contributed by atoms with Crippen molar-refractivity contribution in [1.29, 1.82) is 0 Å². The molecular formula is C20H24BrFN3O10P. The Kier molecular flexibility index (Phi) is 8.88. The van der Waals surface area contributed by atoms with Crippen molar-refractivity contribution in [2.75, 3.05) is 13.7 Å². The number of ether oxygens (including phenoxy) is 1. The molecule has 1 aliphatic heterocycles. The molecule has 3 N–H and O–H groups in total. The molecule has 1 unspecified atom stereocenters. The lowest BCUT2D eigenvalue weighted by Crippen LogP contribution is -2.43. The van der Waals surface area contributed by atoms with Crippen LogP contribution in [0.2, 0.25) is 0 Å². The Morgan fingerprint density at radius 1 is 1.36 bits per heavy atom. The Hall–Kier alpha value is -2.39. The van der Waals surface area contributed by atoms with E-state index in [4.69, 9.17) is 18.3 Å². The number of nitrogens with one attached hydrogen (secondary N) is 2. The lowest BCUT2D eigenvalue weighted by Gasteiger charge is -2.24. The summed E-state index contributed by atoms with van der Waals surface area (Å²) in [5.41, 5.74) is -1.90. The molecule has 198 valence electrons. The van der Waals surface area contributed by atoms with Gasteiger partial charge in [-0.3, -0.25) is 18.9 Å². The molecule has 2 heterocycles. The molecule has 2 aromatic rings. The van der Waals surface area contributed by atoms with E-state index in [9.17, 15) is 24.1 Å². The molecule has 0 spiro atoms. The lowest BCUT2D eigenvalue weighted by molar-refractivity contribution is -0.141. The minimum absolute atomic E-state index is 0.0163. The molecule has 36 heavy (non-hydrogen) atoms. The molecule has 0 saturated carbocycles. The zero-order chi connectivity index (χ0) is 26.7. The molecule has 1 aliphatic rings. The molecule has 13 nitrogen and oxygen atoms in total. The number of alkyl halides is 1. The number of benzene rings is 1. The van der Waals surface area contributed by atoms with Crippen molar-refractivity contribution in [3.05, 3.63) is 61.8 Å². The number of aliphatic hydroxyl groups is 1. The van der Waals surface area contributed by atoms with E-state index in [0.29, 0.717) is 4.47 Å². The quantitative estimate of drug-likeness (QED) is 0.269. The maximum absolute atomic E-state index is 15.4. The summed E-state index contributed by atoms with van der Waals surface area (Å²) >= 11 is 3.24. The van der Waals surface area contributed by atoms with Gasteiger partial charge in [0, 0.05) is 16.7 Å². The van der Waals surface area contributed by atoms with Crippen molar-refractivity contribution < 1.29 is 42.0 Å². The third-order valence-electron chi connectivity index (χ3n) is 5.10. The van der Waals surface area contributed by atoms with Gasteiger partial charge >= 0.3 is 19.5 Å². The fourth-order valence-electron chi connectivity index (χ4n) is 3.24. The van der Waals surface area contributed by atoms with E-state index >= 15 is 4.39 Å². The van der Waals surface area contributed by atoms with Gasteiger partial charge in [0.2, 0.25) is 0 Å². The van der Waals surface area contributed by atoms with Gasteiger partial charge in [-0.1, -0.05) is 15.9 Å². The van der Waals surface area contributed by atoms with E-state index in [0.717, 1.165) is 23.8 Å². The number of carbonyl (C=O) groups excluding carboxylic acids is 1. The normalized spacial score (nSPS) is 26.2. The van der Waals surface area contributed by atoms with Crippen LogP contribution in [0, 0.1) is 0 Å². The summed E-state index contributed by atoms with van der Waals surface area (Å²) < 4.78 is 51.2. The highest BCUT2D eigenvalue weighted by Gasteiger charge is 2.56. The summed E-state index contributed by atoms with van der Waals surface area (Å²) in [6, 6.07) is 5.89. The number of aromatic nitrogens is 2. The van der Waals surface area contributed by atoms with E-state index in [1.54, 1.807) is 12.1 Å². The molecule has 0 radical (unpaired) electrons. The van der Waals surface area contributed by atoms with Gasteiger partial charge in [0.05, 0.1) is 13.7 Å². The SMILES string of the molecule is CON[C@@H](C)C(=O)OP(=O)(OC[C@H]1O[C@@H](n2ccc(=O)[nH]c2=O)[C@@](C)(F)[C@@H]1O)Oc1ccc(Br)cc1. The Labute approximate surface area is 212 Å². The van der Waals surface area contributed by atoms with Gasteiger partial charge in [0.25, 0.3) is 5.56 Å². The standard InChI is InChI=1S/C20H24BrFN3O10P/c1-11(24-31-3)17(28)35-36(30,34-13-6-4-12(21)5-7-13)32-10-14-16(27)20(2,22)18(33-14)25-9-8-15(26)23-19(25)29/h4-9,11,14,16,18,24,27H,10H2,1-3H3,(H,23,26,29)/t11-,14+,16+,18+,20-,36?/m0/s1. The number of rotatable bonds is 10. The zero-order valence-corrected chi connectivity index (χ0v) is 21.7. The highest BCUT2D eigenvalue weighted by Crippen LogP contribution is 2.51. The number of aromatic amines is 1. The summed E-state index contributed by atoms with van der Waals surface area (Å²) in [7, 11) is -3.45. The minimum atomic E-state index is -4.71. The molecule has 16 heteroatoms. The number of aliphatic hydroxyl groups excluding tert-OH is 1. The van der Waals surface area contributed by atoms with Crippen LogP contribution in [0.3, 0.4) is 0 Å². The number of hydroxylamine groups is 1. The zero-order valence-electron chi connectivity index (χ0n) is 19.3. The third kappa shape index (κ3) is 6.48. The summed E-state index contributed by atoms with van der Waals surface area (Å²) in [4.78, 5) is 42.4. The van der Waals surface area contributed by atoms with E-state index < -0.39 is 61.8 Å². The smallest absolute Gasteiger partial charge is 0.395 e. The van der Waals surface area contributed by atoms with Crippen LogP contribution < -0.4 is 21.3 Å². The van der Waals surface area contributed by atoms with E-state index in [1.807, 2.05) is 4.98 Å². The molecule has 6 atom stereocenters. The van der Waals surface area contributed by atoms with Crippen molar-refractivity contribution in [3.63, 3.8) is 0 Å². The average molecular weight is 596 g/mol. The molecule has 0 bridgehead atoms. The maximum atomic E-state index is 15.4. The fourth-order valence-corrected chi connectivity index (χ4v) is 4.73. The number of phosphoric acid groups is 1. The lowest BCUT2D eigenvalue weighted by atomic mass is 9.98. The summed E-state index contributed by atoms with van der Waals surface area (Å²) in [5, 5.41) is 10.5.